The molecule has 1 spiro atoms. The lowest BCUT2D eigenvalue weighted by atomic mass is 9.88. The summed E-state index contributed by atoms with van der Waals surface area (Å²) in [5.74, 6) is 0.0260. The molecule has 32 heavy (non-hydrogen) atoms. The molecular weight excluding hydrogens is 486 g/mol. The molecule has 0 saturated carbocycles. The number of halogens is 2. The van der Waals surface area contributed by atoms with Crippen LogP contribution in [-0.4, -0.2) is 29.6 Å². The number of hydrogen-bond donors (Lipinski definition) is 1. The number of piperidine rings is 1. The van der Waals surface area contributed by atoms with Gasteiger partial charge in [-0.25, -0.2) is 0 Å². The van der Waals surface area contributed by atoms with Crippen LogP contribution >= 0.6 is 27.5 Å². The average molecular weight is 511 g/mol. The van der Waals surface area contributed by atoms with Gasteiger partial charge in [-0.15, -0.1) is 0 Å². The summed E-state index contributed by atoms with van der Waals surface area (Å²) in [5, 5.41) is 4.42. The maximum absolute atomic E-state index is 13.7. The van der Waals surface area contributed by atoms with Crippen LogP contribution in [0.5, 0.6) is 0 Å². The fraction of sp³-hybridized carbons (Fsp3) is 0.269. The summed E-state index contributed by atoms with van der Waals surface area (Å²) in [5.41, 5.74) is 3.28. The van der Waals surface area contributed by atoms with Crippen molar-refractivity contribution in [2.24, 2.45) is 0 Å². The molecule has 1 saturated heterocycles. The van der Waals surface area contributed by atoms with E-state index in [0.29, 0.717) is 16.6 Å². The fourth-order valence-electron chi connectivity index (χ4n) is 4.95. The maximum atomic E-state index is 13.7. The summed E-state index contributed by atoms with van der Waals surface area (Å²) in [6.07, 6.45) is 1.65. The Morgan fingerprint density at radius 3 is 2.38 bits per heavy atom. The van der Waals surface area contributed by atoms with E-state index in [2.05, 4.69) is 63.4 Å². The minimum atomic E-state index is -0.481. The van der Waals surface area contributed by atoms with Gasteiger partial charge in [-0.3, -0.25) is 14.6 Å². The number of anilines is 2. The third kappa shape index (κ3) is 3.83. The Kier molecular flexibility index (Phi) is 5.74. The molecule has 0 aromatic heterocycles. The lowest BCUT2D eigenvalue weighted by Gasteiger charge is -2.53. The highest BCUT2D eigenvalue weighted by atomic mass is 79.9. The van der Waals surface area contributed by atoms with Gasteiger partial charge < -0.3 is 5.32 Å². The van der Waals surface area contributed by atoms with Crippen molar-refractivity contribution < 1.29 is 4.79 Å². The first-order valence-corrected chi connectivity index (χ1v) is 12.1. The van der Waals surface area contributed by atoms with Crippen LogP contribution in [0.4, 0.5) is 11.4 Å². The van der Waals surface area contributed by atoms with Crippen molar-refractivity contribution in [3.63, 3.8) is 0 Å². The van der Waals surface area contributed by atoms with Crippen LogP contribution in [-0.2, 0) is 0 Å². The van der Waals surface area contributed by atoms with Gasteiger partial charge in [0.25, 0.3) is 5.91 Å². The van der Waals surface area contributed by atoms with Crippen molar-refractivity contribution in [3.8, 4) is 0 Å². The van der Waals surface area contributed by atoms with Crippen LogP contribution in [0.25, 0.3) is 0 Å². The third-order valence-corrected chi connectivity index (χ3v) is 7.50. The van der Waals surface area contributed by atoms with Crippen LogP contribution in [0.2, 0.25) is 5.02 Å². The number of nitrogens with zero attached hydrogens (tertiary/aromatic N) is 2. The number of rotatable bonds is 3. The number of likely N-dealkylation sites (tertiary alicyclic amines) is 1. The van der Waals surface area contributed by atoms with E-state index in [1.165, 1.54) is 5.56 Å². The van der Waals surface area contributed by atoms with Crippen molar-refractivity contribution in [1.82, 2.24) is 4.90 Å². The van der Waals surface area contributed by atoms with Gasteiger partial charge in [0.05, 0.1) is 5.56 Å². The SMILES string of the molecule is CC(c1ccccc1)N1CCC2(CC1)Nc1cc(Br)ccc1C(=O)N2c1ccc(Cl)cc1. The third-order valence-electron chi connectivity index (χ3n) is 6.75. The zero-order valence-corrected chi connectivity index (χ0v) is 20.2. The minimum Gasteiger partial charge on any atom is -0.362 e. The van der Waals surface area contributed by atoms with Gasteiger partial charge in [0, 0.05) is 52.8 Å². The summed E-state index contributed by atoms with van der Waals surface area (Å²) in [7, 11) is 0. The van der Waals surface area contributed by atoms with Gasteiger partial charge in [-0.05, 0) is 55.0 Å². The zero-order chi connectivity index (χ0) is 22.3. The van der Waals surface area contributed by atoms with E-state index in [1.807, 2.05) is 47.4 Å². The van der Waals surface area contributed by atoms with Crippen LogP contribution in [0, 0.1) is 0 Å². The first-order chi connectivity index (χ1) is 15.5. The molecule has 0 aliphatic carbocycles. The van der Waals surface area contributed by atoms with Crippen molar-refractivity contribution in [2.45, 2.75) is 31.5 Å². The molecule has 1 atom stereocenters. The first-order valence-electron chi connectivity index (χ1n) is 10.9. The smallest absolute Gasteiger partial charge is 0.262 e. The van der Waals surface area contributed by atoms with E-state index in [9.17, 15) is 4.79 Å². The molecule has 1 fully saturated rings. The molecule has 3 aromatic rings. The van der Waals surface area contributed by atoms with Gasteiger partial charge in [0.1, 0.15) is 5.66 Å². The highest BCUT2D eigenvalue weighted by molar-refractivity contribution is 9.10. The summed E-state index contributed by atoms with van der Waals surface area (Å²) < 4.78 is 0.960. The van der Waals surface area contributed by atoms with E-state index in [1.54, 1.807) is 0 Å². The number of nitrogens with one attached hydrogen (secondary N) is 1. The molecule has 4 nitrogen and oxygen atoms in total. The molecule has 1 unspecified atom stereocenters. The Morgan fingerprint density at radius 1 is 1.00 bits per heavy atom. The van der Waals surface area contributed by atoms with Gasteiger partial charge >= 0.3 is 0 Å². The molecule has 164 valence electrons. The van der Waals surface area contributed by atoms with Crippen molar-refractivity contribution in [1.29, 1.82) is 0 Å². The van der Waals surface area contributed by atoms with Gasteiger partial charge in [0.2, 0.25) is 0 Å². The summed E-state index contributed by atoms with van der Waals surface area (Å²) in [4.78, 5) is 18.2. The molecular formula is C26H25BrClN3O. The molecule has 3 aromatic carbocycles. The number of carbonyl (C=O) groups excluding carboxylic acids is 1. The van der Waals surface area contributed by atoms with Gasteiger partial charge in [0.15, 0.2) is 0 Å². The van der Waals surface area contributed by atoms with Crippen molar-refractivity contribution in [2.75, 3.05) is 23.3 Å². The predicted octanol–water partition coefficient (Wildman–Crippen LogP) is 6.73. The molecule has 0 bridgehead atoms. The Labute approximate surface area is 202 Å². The number of carbonyl (C=O) groups is 1. The summed E-state index contributed by atoms with van der Waals surface area (Å²) in [6.45, 7) is 4.05. The largest absolute Gasteiger partial charge is 0.362 e. The van der Waals surface area contributed by atoms with E-state index >= 15 is 0 Å². The summed E-state index contributed by atoms with van der Waals surface area (Å²) in [6, 6.07) is 24.3. The highest BCUT2D eigenvalue weighted by Gasteiger charge is 2.47. The predicted molar refractivity (Wildman–Crippen MR) is 134 cm³/mol. The Balaban J connectivity index is 1.49. The molecule has 2 heterocycles. The molecule has 1 N–H and O–H groups in total. The van der Waals surface area contributed by atoms with E-state index in [0.717, 1.165) is 41.8 Å². The van der Waals surface area contributed by atoms with Crippen LogP contribution in [0.3, 0.4) is 0 Å². The quantitative estimate of drug-likeness (QED) is 0.424. The molecule has 2 aliphatic rings. The first kappa shape index (κ1) is 21.5. The number of fused-ring (bicyclic) bond motifs is 1. The number of hydrogen-bond acceptors (Lipinski definition) is 3. The van der Waals surface area contributed by atoms with Crippen LogP contribution in [0.15, 0.2) is 77.3 Å². The fourth-order valence-corrected chi connectivity index (χ4v) is 5.44. The number of benzene rings is 3. The molecule has 1 amide bonds. The number of amides is 1. The summed E-state index contributed by atoms with van der Waals surface area (Å²) >= 11 is 9.70. The topological polar surface area (TPSA) is 35.6 Å². The zero-order valence-electron chi connectivity index (χ0n) is 17.9. The van der Waals surface area contributed by atoms with E-state index < -0.39 is 5.66 Å². The molecule has 0 radical (unpaired) electrons. The molecule has 2 aliphatic heterocycles. The normalized spacial score (nSPS) is 18.8. The maximum Gasteiger partial charge on any atom is 0.262 e. The standard InChI is InChI=1S/C26H25BrClN3O/c1-18(19-5-3-2-4-6-19)30-15-13-26(14-16-30)29-24-17-20(27)7-12-23(24)25(32)31(26)22-10-8-21(28)9-11-22/h2-12,17-18,29H,13-16H2,1H3. The Morgan fingerprint density at radius 2 is 1.69 bits per heavy atom. The van der Waals surface area contributed by atoms with Crippen molar-refractivity contribution in [3.05, 3.63) is 93.4 Å². The van der Waals surface area contributed by atoms with Gasteiger partial charge in [-0.1, -0.05) is 57.9 Å². The second kappa shape index (κ2) is 8.54. The lowest BCUT2D eigenvalue weighted by Crippen LogP contribution is -2.64. The lowest BCUT2D eigenvalue weighted by molar-refractivity contribution is 0.0876. The van der Waals surface area contributed by atoms with Gasteiger partial charge in [-0.2, -0.15) is 0 Å². The Bertz CT molecular complexity index is 1130. The van der Waals surface area contributed by atoms with Crippen LogP contribution in [0.1, 0.15) is 41.7 Å². The minimum absolute atomic E-state index is 0.0260. The van der Waals surface area contributed by atoms with E-state index in [-0.39, 0.29) is 5.91 Å². The van der Waals surface area contributed by atoms with E-state index in [4.69, 9.17) is 11.6 Å². The Hall–Kier alpha value is -2.34. The highest BCUT2D eigenvalue weighted by Crippen LogP contribution is 2.42. The molecule has 6 heteroatoms. The second-order valence-corrected chi connectivity index (χ2v) is 9.94. The monoisotopic (exact) mass is 509 g/mol. The van der Waals surface area contributed by atoms with Crippen LogP contribution < -0.4 is 10.2 Å². The second-order valence-electron chi connectivity index (χ2n) is 8.59. The molecule has 5 rings (SSSR count). The average Bonchev–Trinajstić information content (AvgIpc) is 2.81. The van der Waals surface area contributed by atoms with Crippen molar-refractivity contribution >= 4 is 44.8 Å².